The first-order valence-electron chi connectivity index (χ1n) is 7.07. The third-order valence-electron chi connectivity index (χ3n) is 3.84. The van der Waals surface area contributed by atoms with Crippen molar-refractivity contribution in [3.63, 3.8) is 0 Å². The van der Waals surface area contributed by atoms with Gasteiger partial charge in [0.1, 0.15) is 0 Å². The SMILES string of the molecule is CCCC(C)N(C)CCC(N)c1ccccc1C. The second-order valence-corrected chi connectivity index (χ2v) is 5.37. The molecule has 0 saturated heterocycles. The minimum absolute atomic E-state index is 0.155. The molecule has 0 aliphatic carbocycles. The number of aryl methyl sites for hydroxylation is 1. The fourth-order valence-electron chi connectivity index (χ4n) is 2.36. The molecule has 1 rings (SSSR count). The molecular formula is C16H28N2. The highest BCUT2D eigenvalue weighted by atomic mass is 15.1. The van der Waals surface area contributed by atoms with E-state index in [9.17, 15) is 0 Å². The highest BCUT2D eigenvalue weighted by Gasteiger charge is 2.12. The largest absolute Gasteiger partial charge is 0.324 e. The molecular weight excluding hydrogens is 220 g/mol. The molecule has 0 saturated carbocycles. The van der Waals surface area contributed by atoms with Crippen LogP contribution in [0.3, 0.4) is 0 Å². The van der Waals surface area contributed by atoms with Crippen LogP contribution in [0.25, 0.3) is 0 Å². The van der Waals surface area contributed by atoms with E-state index in [4.69, 9.17) is 5.73 Å². The minimum atomic E-state index is 0.155. The molecule has 2 atom stereocenters. The first-order valence-corrected chi connectivity index (χ1v) is 7.07. The van der Waals surface area contributed by atoms with Crippen molar-refractivity contribution >= 4 is 0 Å². The molecule has 0 aliphatic heterocycles. The Bertz CT molecular complexity index is 349. The van der Waals surface area contributed by atoms with Gasteiger partial charge in [-0.1, -0.05) is 37.6 Å². The van der Waals surface area contributed by atoms with Crippen LogP contribution in [0.15, 0.2) is 24.3 Å². The molecule has 0 radical (unpaired) electrons. The molecule has 0 aromatic heterocycles. The van der Waals surface area contributed by atoms with Gasteiger partial charge in [-0.15, -0.1) is 0 Å². The standard InChI is InChI=1S/C16H28N2/c1-5-8-14(3)18(4)12-11-16(17)15-10-7-6-9-13(15)2/h6-7,9-10,14,16H,5,8,11-12,17H2,1-4H3. The number of rotatable bonds is 7. The summed E-state index contributed by atoms with van der Waals surface area (Å²) in [5.74, 6) is 0. The third kappa shape index (κ3) is 4.43. The van der Waals surface area contributed by atoms with Crippen LogP contribution < -0.4 is 5.73 Å². The zero-order valence-corrected chi connectivity index (χ0v) is 12.3. The van der Waals surface area contributed by atoms with Gasteiger partial charge in [-0.05, 0) is 51.4 Å². The topological polar surface area (TPSA) is 29.3 Å². The molecule has 1 aromatic carbocycles. The molecule has 1 aromatic rings. The van der Waals surface area contributed by atoms with Gasteiger partial charge in [0.25, 0.3) is 0 Å². The maximum Gasteiger partial charge on any atom is 0.0309 e. The summed E-state index contributed by atoms with van der Waals surface area (Å²) in [6.07, 6.45) is 3.53. The van der Waals surface area contributed by atoms with Gasteiger partial charge in [-0.2, -0.15) is 0 Å². The molecule has 2 unspecified atom stereocenters. The summed E-state index contributed by atoms with van der Waals surface area (Å²) >= 11 is 0. The van der Waals surface area contributed by atoms with Crippen LogP contribution in [0.4, 0.5) is 0 Å². The first-order chi connectivity index (χ1) is 8.56. The number of benzene rings is 1. The molecule has 0 fully saturated rings. The molecule has 0 aliphatic rings. The summed E-state index contributed by atoms with van der Waals surface area (Å²) < 4.78 is 0. The number of hydrogen-bond donors (Lipinski definition) is 1. The maximum absolute atomic E-state index is 6.29. The Morgan fingerprint density at radius 1 is 1.22 bits per heavy atom. The predicted octanol–water partition coefficient (Wildman–Crippen LogP) is 3.51. The van der Waals surface area contributed by atoms with E-state index in [1.807, 2.05) is 0 Å². The fraction of sp³-hybridized carbons (Fsp3) is 0.625. The van der Waals surface area contributed by atoms with Crippen molar-refractivity contribution in [1.29, 1.82) is 0 Å². The lowest BCUT2D eigenvalue weighted by atomic mass is 9.99. The summed E-state index contributed by atoms with van der Waals surface area (Å²) in [5, 5.41) is 0. The summed E-state index contributed by atoms with van der Waals surface area (Å²) in [4.78, 5) is 2.42. The Kier molecular flexibility index (Phi) is 6.37. The Hall–Kier alpha value is -0.860. The van der Waals surface area contributed by atoms with Crippen molar-refractivity contribution in [2.45, 2.75) is 52.1 Å². The second kappa shape index (κ2) is 7.55. The summed E-state index contributed by atoms with van der Waals surface area (Å²) in [5.41, 5.74) is 8.88. The van der Waals surface area contributed by atoms with Gasteiger partial charge in [0.15, 0.2) is 0 Å². The average Bonchev–Trinajstić information content (AvgIpc) is 2.36. The van der Waals surface area contributed by atoms with Gasteiger partial charge < -0.3 is 10.6 Å². The van der Waals surface area contributed by atoms with Crippen molar-refractivity contribution < 1.29 is 0 Å². The van der Waals surface area contributed by atoms with E-state index in [1.54, 1.807) is 0 Å². The van der Waals surface area contributed by atoms with Crippen LogP contribution in [-0.2, 0) is 0 Å². The summed E-state index contributed by atoms with van der Waals surface area (Å²) in [6.45, 7) is 7.74. The van der Waals surface area contributed by atoms with Crippen molar-refractivity contribution in [2.24, 2.45) is 5.73 Å². The molecule has 102 valence electrons. The van der Waals surface area contributed by atoms with Crippen LogP contribution in [0.5, 0.6) is 0 Å². The number of hydrogen-bond acceptors (Lipinski definition) is 2. The van der Waals surface area contributed by atoms with Crippen LogP contribution in [0.2, 0.25) is 0 Å². The van der Waals surface area contributed by atoms with E-state index < -0.39 is 0 Å². The lowest BCUT2D eigenvalue weighted by molar-refractivity contribution is 0.236. The monoisotopic (exact) mass is 248 g/mol. The molecule has 0 spiro atoms. The van der Waals surface area contributed by atoms with Crippen LogP contribution in [0.1, 0.15) is 50.3 Å². The van der Waals surface area contributed by atoms with Gasteiger partial charge in [-0.25, -0.2) is 0 Å². The molecule has 2 heteroatoms. The van der Waals surface area contributed by atoms with Crippen molar-refractivity contribution in [3.8, 4) is 0 Å². The molecule has 0 bridgehead atoms. The predicted molar refractivity (Wildman–Crippen MR) is 79.7 cm³/mol. The highest BCUT2D eigenvalue weighted by molar-refractivity contribution is 5.28. The lowest BCUT2D eigenvalue weighted by Gasteiger charge is -2.26. The molecule has 2 N–H and O–H groups in total. The Morgan fingerprint density at radius 3 is 2.50 bits per heavy atom. The summed E-state index contributed by atoms with van der Waals surface area (Å²) in [6, 6.07) is 9.24. The Morgan fingerprint density at radius 2 is 1.89 bits per heavy atom. The third-order valence-corrected chi connectivity index (χ3v) is 3.84. The van der Waals surface area contributed by atoms with Crippen LogP contribution in [-0.4, -0.2) is 24.5 Å². The number of nitrogens with two attached hydrogens (primary N) is 1. The van der Waals surface area contributed by atoms with Gasteiger partial charge >= 0.3 is 0 Å². The van der Waals surface area contributed by atoms with Gasteiger partial charge in [-0.3, -0.25) is 0 Å². The van der Waals surface area contributed by atoms with Gasteiger partial charge in [0.05, 0.1) is 0 Å². The van der Waals surface area contributed by atoms with Crippen molar-refractivity contribution in [2.75, 3.05) is 13.6 Å². The zero-order valence-electron chi connectivity index (χ0n) is 12.3. The lowest BCUT2D eigenvalue weighted by Crippen LogP contribution is -2.31. The van der Waals surface area contributed by atoms with E-state index in [-0.39, 0.29) is 6.04 Å². The van der Waals surface area contributed by atoms with Gasteiger partial charge in [0.2, 0.25) is 0 Å². The Labute approximate surface area is 112 Å². The number of nitrogens with zero attached hydrogens (tertiary/aromatic N) is 1. The quantitative estimate of drug-likeness (QED) is 0.800. The molecule has 0 heterocycles. The van der Waals surface area contributed by atoms with E-state index in [1.165, 1.54) is 24.0 Å². The maximum atomic E-state index is 6.29. The van der Waals surface area contributed by atoms with E-state index in [0.29, 0.717) is 6.04 Å². The Balaban J connectivity index is 2.46. The zero-order chi connectivity index (χ0) is 13.5. The van der Waals surface area contributed by atoms with Crippen molar-refractivity contribution in [1.82, 2.24) is 4.90 Å². The summed E-state index contributed by atoms with van der Waals surface area (Å²) in [7, 11) is 2.20. The van der Waals surface area contributed by atoms with Crippen molar-refractivity contribution in [3.05, 3.63) is 35.4 Å². The van der Waals surface area contributed by atoms with Gasteiger partial charge in [0, 0.05) is 12.1 Å². The normalized spacial score (nSPS) is 14.8. The smallest absolute Gasteiger partial charge is 0.0309 e. The van der Waals surface area contributed by atoms with E-state index in [2.05, 4.69) is 57.0 Å². The first kappa shape index (κ1) is 15.2. The second-order valence-electron chi connectivity index (χ2n) is 5.37. The molecule has 18 heavy (non-hydrogen) atoms. The minimum Gasteiger partial charge on any atom is -0.324 e. The van der Waals surface area contributed by atoms with E-state index in [0.717, 1.165) is 13.0 Å². The fourth-order valence-corrected chi connectivity index (χ4v) is 2.36. The van der Waals surface area contributed by atoms with Crippen LogP contribution >= 0.6 is 0 Å². The van der Waals surface area contributed by atoms with E-state index >= 15 is 0 Å². The highest BCUT2D eigenvalue weighted by Crippen LogP contribution is 2.18. The average molecular weight is 248 g/mol. The molecule has 0 amide bonds. The van der Waals surface area contributed by atoms with Crippen LogP contribution in [0, 0.1) is 6.92 Å². The molecule has 2 nitrogen and oxygen atoms in total.